The molecule has 0 heterocycles. The van der Waals surface area contributed by atoms with Crippen molar-refractivity contribution in [3.05, 3.63) is 29.6 Å². The number of ether oxygens (including phenoxy) is 2. The fourth-order valence-corrected chi connectivity index (χ4v) is 1.59. The van der Waals surface area contributed by atoms with E-state index < -0.39 is 23.7 Å². The summed E-state index contributed by atoms with van der Waals surface area (Å²) in [4.78, 5) is 22.9. The van der Waals surface area contributed by atoms with Crippen molar-refractivity contribution in [2.45, 2.75) is 26.0 Å². The Balaban J connectivity index is 2.85. The van der Waals surface area contributed by atoms with Gasteiger partial charge in [-0.15, -0.1) is 0 Å². The molecule has 0 aliphatic heterocycles. The average Bonchev–Trinajstić information content (AvgIpc) is 2.42. The molecule has 21 heavy (non-hydrogen) atoms. The van der Waals surface area contributed by atoms with E-state index in [2.05, 4.69) is 5.32 Å². The van der Waals surface area contributed by atoms with Crippen molar-refractivity contribution in [1.82, 2.24) is 5.32 Å². The maximum Gasteiger partial charge on any atom is 0.330 e. The van der Waals surface area contributed by atoms with Gasteiger partial charge in [0.05, 0.1) is 13.2 Å². The maximum atomic E-state index is 13.6. The molecule has 6 nitrogen and oxygen atoms in total. The average molecular weight is 299 g/mol. The molecule has 0 saturated carbocycles. The Bertz CT molecular complexity index is 518. The lowest BCUT2D eigenvalue weighted by Crippen LogP contribution is -2.36. The highest BCUT2D eigenvalue weighted by Crippen LogP contribution is 2.22. The number of halogens is 1. The van der Waals surface area contributed by atoms with Gasteiger partial charge in [-0.05, 0) is 31.5 Å². The van der Waals surface area contributed by atoms with Crippen LogP contribution in [0.3, 0.4) is 0 Å². The standard InChI is InChI=1S/C14H18FNO5/c1-8(2)21-7-12(17)16-13(14(18)19)9-4-5-11(20-3)10(15)6-9/h4-6,8,13H,7H2,1-3H3,(H,16,17)(H,18,19). The number of aliphatic carboxylic acids is 1. The number of carboxylic acids is 1. The lowest BCUT2D eigenvalue weighted by molar-refractivity contribution is -0.143. The fraction of sp³-hybridized carbons (Fsp3) is 0.429. The zero-order valence-electron chi connectivity index (χ0n) is 12.1. The monoisotopic (exact) mass is 299 g/mol. The van der Waals surface area contributed by atoms with Gasteiger partial charge in [-0.2, -0.15) is 0 Å². The third-order valence-electron chi connectivity index (χ3n) is 2.61. The minimum Gasteiger partial charge on any atom is -0.494 e. The Labute approximate surface area is 121 Å². The molecule has 0 aliphatic carbocycles. The number of hydrogen-bond acceptors (Lipinski definition) is 4. The Morgan fingerprint density at radius 2 is 2.05 bits per heavy atom. The van der Waals surface area contributed by atoms with Gasteiger partial charge < -0.3 is 19.9 Å². The van der Waals surface area contributed by atoms with Crippen LogP contribution < -0.4 is 10.1 Å². The molecule has 0 fully saturated rings. The molecule has 1 unspecified atom stereocenters. The first-order valence-corrected chi connectivity index (χ1v) is 6.32. The Morgan fingerprint density at radius 3 is 2.52 bits per heavy atom. The third-order valence-corrected chi connectivity index (χ3v) is 2.61. The van der Waals surface area contributed by atoms with Crippen LogP contribution in [-0.2, 0) is 14.3 Å². The molecule has 0 spiro atoms. The summed E-state index contributed by atoms with van der Waals surface area (Å²) in [6, 6.07) is 2.34. The molecule has 1 rings (SSSR count). The highest BCUT2D eigenvalue weighted by atomic mass is 19.1. The van der Waals surface area contributed by atoms with Crippen LogP contribution in [0.5, 0.6) is 5.75 Å². The van der Waals surface area contributed by atoms with E-state index in [4.69, 9.17) is 14.6 Å². The topological polar surface area (TPSA) is 84.9 Å². The summed E-state index contributed by atoms with van der Waals surface area (Å²) < 4.78 is 23.4. The number of rotatable bonds is 7. The van der Waals surface area contributed by atoms with Crippen LogP contribution in [0, 0.1) is 5.82 Å². The van der Waals surface area contributed by atoms with Crippen LogP contribution in [-0.4, -0.2) is 36.8 Å². The number of benzene rings is 1. The van der Waals surface area contributed by atoms with E-state index in [0.29, 0.717) is 0 Å². The van der Waals surface area contributed by atoms with E-state index in [9.17, 15) is 14.0 Å². The summed E-state index contributed by atoms with van der Waals surface area (Å²) in [5, 5.41) is 11.4. The molecule has 0 radical (unpaired) electrons. The van der Waals surface area contributed by atoms with Crippen LogP contribution >= 0.6 is 0 Å². The minimum absolute atomic E-state index is 0.00245. The largest absolute Gasteiger partial charge is 0.494 e. The molecule has 0 bridgehead atoms. The van der Waals surface area contributed by atoms with Crippen molar-refractivity contribution in [2.24, 2.45) is 0 Å². The van der Waals surface area contributed by atoms with E-state index in [1.54, 1.807) is 13.8 Å². The molecule has 1 aromatic rings. The van der Waals surface area contributed by atoms with Gasteiger partial charge in [0, 0.05) is 0 Å². The van der Waals surface area contributed by atoms with Gasteiger partial charge in [0.2, 0.25) is 5.91 Å². The van der Waals surface area contributed by atoms with Gasteiger partial charge in [-0.3, -0.25) is 4.79 Å². The van der Waals surface area contributed by atoms with Crippen molar-refractivity contribution in [2.75, 3.05) is 13.7 Å². The molecule has 1 atom stereocenters. The second-order valence-electron chi connectivity index (χ2n) is 4.59. The summed E-state index contributed by atoms with van der Waals surface area (Å²) in [5.74, 6) is -2.59. The van der Waals surface area contributed by atoms with Crippen LogP contribution in [0.15, 0.2) is 18.2 Å². The normalized spacial score (nSPS) is 12.0. The molecule has 0 aromatic heterocycles. The van der Waals surface area contributed by atoms with Gasteiger partial charge >= 0.3 is 5.97 Å². The number of hydrogen-bond donors (Lipinski definition) is 2. The Morgan fingerprint density at radius 1 is 1.38 bits per heavy atom. The molecule has 7 heteroatoms. The van der Waals surface area contributed by atoms with Gasteiger partial charge in [0.25, 0.3) is 0 Å². The molecular weight excluding hydrogens is 281 g/mol. The van der Waals surface area contributed by atoms with Gasteiger partial charge in [0.1, 0.15) is 6.61 Å². The first-order chi connectivity index (χ1) is 9.85. The molecule has 0 saturated heterocycles. The first-order valence-electron chi connectivity index (χ1n) is 6.32. The number of amides is 1. The number of methoxy groups -OCH3 is 1. The third kappa shape index (κ3) is 5.03. The molecular formula is C14H18FNO5. The predicted octanol–water partition coefficient (Wildman–Crippen LogP) is 1.50. The summed E-state index contributed by atoms with van der Waals surface area (Å²) >= 11 is 0. The number of carboxylic acid groups (broad SMARTS) is 1. The minimum atomic E-state index is -1.35. The maximum absolute atomic E-state index is 13.6. The van der Waals surface area contributed by atoms with Crippen LogP contribution in [0.25, 0.3) is 0 Å². The molecule has 1 aromatic carbocycles. The van der Waals surface area contributed by atoms with Crippen molar-refractivity contribution in [3.63, 3.8) is 0 Å². The van der Waals surface area contributed by atoms with Crippen molar-refractivity contribution in [3.8, 4) is 5.75 Å². The lowest BCUT2D eigenvalue weighted by atomic mass is 10.1. The second-order valence-corrected chi connectivity index (χ2v) is 4.59. The van der Waals surface area contributed by atoms with E-state index >= 15 is 0 Å². The van der Waals surface area contributed by atoms with Crippen molar-refractivity contribution < 1.29 is 28.6 Å². The van der Waals surface area contributed by atoms with Crippen molar-refractivity contribution in [1.29, 1.82) is 0 Å². The molecule has 0 aliphatic rings. The SMILES string of the molecule is COc1ccc(C(NC(=O)COC(C)C)C(=O)O)cc1F. The lowest BCUT2D eigenvalue weighted by Gasteiger charge is -2.16. The zero-order valence-corrected chi connectivity index (χ0v) is 12.1. The number of carbonyl (C=O) groups excluding carboxylic acids is 1. The summed E-state index contributed by atoms with van der Waals surface area (Å²) in [5.41, 5.74) is 0.110. The predicted molar refractivity (Wildman–Crippen MR) is 72.6 cm³/mol. The second kappa shape index (κ2) is 7.58. The number of nitrogens with one attached hydrogen (secondary N) is 1. The van der Waals surface area contributed by atoms with E-state index in [1.807, 2.05) is 0 Å². The Hall–Kier alpha value is -2.15. The molecule has 2 N–H and O–H groups in total. The van der Waals surface area contributed by atoms with Crippen molar-refractivity contribution >= 4 is 11.9 Å². The van der Waals surface area contributed by atoms with Crippen LogP contribution in [0.4, 0.5) is 4.39 Å². The highest BCUT2D eigenvalue weighted by molar-refractivity contribution is 5.85. The van der Waals surface area contributed by atoms with E-state index in [1.165, 1.54) is 19.2 Å². The molecule has 1 amide bonds. The molecule has 116 valence electrons. The number of carbonyl (C=O) groups is 2. The highest BCUT2D eigenvalue weighted by Gasteiger charge is 2.23. The van der Waals surface area contributed by atoms with Gasteiger partial charge in [-0.1, -0.05) is 6.07 Å². The van der Waals surface area contributed by atoms with Crippen LogP contribution in [0.2, 0.25) is 0 Å². The zero-order chi connectivity index (χ0) is 16.0. The summed E-state index contributed by atoms with van der Waals surface area (Å²) in [6.45, 7) is 3.24. The summed E-state index contributed by atoms with van der Waals surface area (Å²) in [7, 11) is 1.30. The van der Waals surface area contributed by atoms with Crippen LogP contribution in [0.1, 0.15) is 25.5 Å². The summed E-state index contributed by atoms with van der Waals surface area (Å²) in [6.07, 6.45) is -0.155. The quantitative estimate of drug-likeness (QED) is 0.797. The smallest absolute Gasteiger partial charge is 0.330 e. The fourth-order valence-electron chi connectivity index (χ4n) is 1.59. The van der Waals surface area contributed by atoms with E-state index in [0.717, 1.165) is 6.07 Å². The van der Waals surface area contributed by atoms with Gasteiger partial charge in [0.15, 0.2) is 17.6 Å². The van der Waals surface area contributed by atoms with Gasteiger partial charge in [-0.25, -0.2) is 9.18 Å². The Kier molecular flexibility index (Phi) is 6.10. The first kappa shape index (κ1) is 16.9. The van der Waals surface area contributed by atoms with E-state index in [-0.39, 0.29) is 24.0 Å².